The van der Waals surface area contributed by atoms with E-state index < -0.39 is 15.9 Å². The molecule has 1 fully saturated rings. The molecule has 34 heavy (non-hydrogen) atoms. The summed E-state index contributed by atoms with van der Waals surface area (Å²) in [6.07, 6.45) is 1.20. The Morgan fingerprint density at radius 3 is 2.74 bits per heavy atom. The van der Waals surface area contributed by atoms with Crippen molar-refractivity contribution in [3.8, 4) is 0 Å². The van der Waals surface area contributed by atoms with Crippen LogP contribution in [-0.2, 0) is 26.3 Å². The van der Waals surface area contributed by atoms with Crippen molar-refractivity contribution in [2.45, 2.75) is 28.7 Å². The van der Waals surface area contributed by atoms with Crippen molar-refractivity contribution in [1.29, 1.82) is 0 Å². The van der Waals surface area contributed by atoms with Gasteiger partial charge in [0.15, 0.2) is 4.34 Å². The number of nitrogens with zero attached hydrogens (tertiary/aromatic N) is 3. The summed E-state index contributed by atoms with van der Waals surface area (Å²) in [4.78, 5) is 12.8. The molecule has 7 nitrogen and oxygen atoms in total. The van der Waals surface area contributed by atoms with Crippen molar-refractivity contribution in [2.24, 2.45) is 5.92 Å². The molecule has 1 aliphatic heterocycles. The number of halogens is 2. The maximum absolute atomic E-state index is 13.0. The van der Waals surface area contributed by atoms with Crippen molar-refractivity contribution in [3.05, 3.63) is 69.7 Å². The minimum atomic E-state index is -3.64. The van der Waals surface area contributed by atoms with E-state index in [1.807, 2.05) is 30.3 Å². The molecule has 1 amide bonds. The molecule has 0 bridgehead atoms. The van der Waals surface area contributed by atoms with Crippen LogP contribution in [-0.4, -0.2) is 41.9 Å². The number of nitrogens with one attached hydrogen (secondary N) is 1. The average Bonchev–Trinajstić information content (AvgIpc) is 3.27. The first kappa shape index (κ1) is 25.4. The highest BCUT2D eigenvalue weighted by atomic mass is 35.5. The van der Waals surface area contributed by atoms with E-state index in [1.54, 1.807) is 23.9 Å². The van der Waals surface area contributed by atoms with Gasteiger partial charge in [-0.15, -0.1) is 10.2 Å². The molecule has 1 saturated heterocycles. The van der Waals surface area contributed by atoms with Crippen molar-refractivity contribution < 1.29 is 13.2 Å². The van der Waals surface area contributed by atoms with Gasteiger partial charge in [0.2, 0.25) is 21.1 Å². The summed E-state index contributed by atoms with van der Waals surface area (Å²) in [5.41, 5.74) is 1.66. The van der Waals surface area contributed by atoms with Crippen molar-refractivity contribution in [1.82, 2.24) is 14.5 Å². The van der Waals surface area contributed by atoms with Crippen LogP contribution >= 0.6 is 46.3 Å². The zero-order valence-corrected chi connectivity index (χ0v) is 21.9. The van der Waals surface area contributed by atoms with Gasteiger partial charge in [0, 0.05) is 28.9 Å². The summed E-state index contributed by atoms with van der Waals surface area (Å²) < 4.78 is 28.1. The molecule has 1 unspecified atom stereocenters. The first-order valence-electron chi connectivity index (χ1n) is 10.5. The summed E-state index contributed by atoms with van der Waals surface area (Å²) in [6.45, 7) is 0.490. The van der Waals surface area contributed by atoms with Gasteiger partial charge in [-0.3, -0.25) is 4.79 Å². The van der Waals surface area contributed by atoms with E-state index in [4.69, 9.17) is 23.2 Å². The van der Waals surface area contributed by atoms with Crippen LogP contribution in [0.2, 0.25) is 10.0 Å². The molecule has 1 N–H and O–H groups in total. The number of carbonyl (C=O) groups excluding carboxylic acids is 1. The molecule has 4 rings (SSSR count). The molecule has 1 atom stereocenters. The summed E-state index contributed by atoms with van der Waals surface area (Å²) in [6, 6.07) is 14.8. The van der Waals surface area contributed by atoms with Gasteiger partial charge < -0.3 is 5.32 Å². The van der Waals surface area contributed by atoms with Gasteiger partial charge in [-0.1, -0.05) is 82.7 Å². The number of hydrogen-bond acceptors (Lipinski definition) is 7. The van der Waals surface area contributed by atoms with Crippen LogP contribution in [0.3, 0.4) is 0 Å². The molecule has 0 aliphatic carbocycles. The number of piperidine rings is 1. The number of sulfonamides is 1. The van der Waals surface area contributed by atoms with Crippen LogP contribution in [0, 0.1) is 5.92 Å². The van der Waals surface area contributed by atoms with E-state index in [-0.39, 0.29) is 18.2 Å². The Morgan fingerprint density at radius 2 is 1.97 bits per heavy atom. The van der Waals surface area contributed by atoms with Crippen LogP contribution in [0.4, 0.5) is 5.13 Å². The number of thioether (sulfide) groups is 1. The van der Waals surface area contributed by atoms with E-state index in [0.717, 1.165) is 10.1 Å². The highest BCUT2D eigenvalue weighted by molar-refractivity contribution is 8.00. The normalized spacial score (nSPS) is 16.9. The first-order valence-corrected chi connectivity index (χ1v) is 14.7. The molecule has 1 aliphatic rings. The minimum absolute atomic E-state index is 0.119. The zero-order chi connectivity index (χ0) is 24.1. The molecular formula is C22H22Cl2N4O3S3. The zero-order valence-electron chi connectivity index (χ0n) is 18.0. The Balaban J connectivity index is 1.34. The first-order chi connectivity index (χ1) is 16.3. The van der Waals surface area contributed by atoms with E-state index in [1.165, 1.54) is 27.3 Å². The van der Waals surface area contributed by atoms with E-state index in [0.29, 0.717) is 40.1 Å². The smallest absolute Gasteiger partial charge is 0.230 e. The predicted octanol–water partition coefficient (Wildman–Crippen LogP) is 5.32. The maximum atomic E-state index is 13.0. The summed E-state index contributed by atoms with van der Waals surface area (Å²) >= 11 is 14.9. The molecule has 12 heteroatoms. The van der Waals surface area contributed by atoms with Gasteiger partial charge in [0.25, 0.3) is 0 Å². The second-order valence-corrected chi connectivity index (χ2v) is 12.8. The largest absolute Gasteiger partial charge is 0.300 e. The summed E-state index contributed by atoms with van der Waals surface area (Å²) in [5.74, 6) is -0.194. The van der Waals surface area contributed by atoms with E-state index >= 15 is 0 Å². The number of anilines is 1. The van der Waals surface area contributed by atoms with Gasteiger partial charge in [0.1, 0.15) is 0 Å². The Labute approximate surface area is 216 Å². The number of rotatable bonds is 8. The second-order valence-electron chi connectivity index (χ2n) is 7.83. The van der Waals surface area contributed by atoms with Gasteiger partial charge in [-0.05, 0) is 36.1 Å². The van der Waals surface area contributed by atoms with Crippen molar-refractivity contribution in [3.63, 3.8) is 0 Å². The Bertz CT molecular complexity index is 1260. The lowest BCUT2D eigenvalue weighted by Gasteiger charge is -2.31. The Kier molecular flexibility index (Phi) is 8.49. The lowest BCUT2D eigenvalue weighted by molar-refractivity contribution is -0.120. The molecule has 2 aromatic carbocycles. The lowest BCUT2D eigenvalue weighted by atomic mass is 9.99. The molecule has 0 saturated carbocycles. The standard InChI is InChI=1S/C22H22Cl2N4O3S3/c23-18-9-8-17(19(24)11-18)14-34(30,31)28-10-4-7-16(12-28)20(29)25-21-26-27-22(33-21)32-13-15-5-2-1-3-6-15/h1-3,5-6,8-9,11,16H,4,7,10,12-14H2,(H,25,26,29). The van der Waals surface area contributed by atoms with Gasteiger partial charge >= 0.3 is 0 Å². The van der Waals surface area contributed by atoms with E-state index in [9.17, 15) is 13.2 Å². The van der Waals surface area contributed by atoms with Gasteiger partial charge in [0.05, 0.1) is 11.7 Å². The second kappa shape index (κ2) is 11.4. The fourth-order valence-corrected chi connectivity index (χ4v) is 7.49. The molecule has 180 valence electrons. The van der Waals surface area contributed by atoms with Gasteiger partial charge in [-0.25, -0.2) is 12.7 Å². The topological polar surface area (TPSA) is 92.3 Å². The summed E-state index contributed by atoms with van der Waals surface area (Å²) in [7, 11) is -3.64. The fourth-order valence-electron chi connectivity index (χ4n) is 3.58. The third-order valence-electron chi connectivity index (χ3n) is 5.34. The maximum Gasteiger partial charge on any atom is 0.230 e. The van der Waals surface area contributed by atoms with E-state index in [2.05, 4.69) is 15.5 Å². The average molecular weight is 558 g/mol. The number of hydrogen-bond donors (Lipinski definition) is 1. The number of aromatic nitrogens is 2. The highest BCUT2D eigenvalue weighted by Crippen LogP contribution is 2.30. The number of carbonyl (C=O) groups is 1. The van der Waals surface area contributed by atoms with Crippen LogP contribution in [0.1, 0.15) is 24.0 Å². The molecule has 0 spiro atoms. The van der Waals surface area contributed by atoms with Crippen LogP contribution < -0.4 is 5.32 Å². The van der Waals surface area contributed by atoms with Crippen molar-refractivity contribution in [2.75, 3.05) is 18.4 Å². The van der Waals surface area contributed by atoms with Crippen molar-refractivity contribution >= 4 is 67.4 Å². The minimum Gasteiger partial charge on any atom is -0.300 e. The highest BCUT2D eigenvalue weighted by Gasteiger charge is 2.33. The van der Waals surface area contributed by atoms with Crippen LogP contribution in [0.15, 0.2) is 52.9 Å². The molecule has 3 aromatic rings. The fraction of sp³-hybridized carbons (Fsp3) is 0.318. The lowest BCUT2D eigenvalue weighted by Crippen LogP contribution is -2.44. The molecule has 1 aromatic heterocycles. The SMILES string of the molecule is O=C(Nc1nnc(SCc2ccccc2)s1)C1CCCN(S(=O)(=O)Cc2ccc(Cl)cc2Cl)C1. The Morgan fingerprint density at radius 1 is 1.18 bits per heavy atom. The number of benzene rings is 2. The number of amides is 1. The molecular weight excluding hydrogens is 535 g/mol. The van der Waals surface area contributed by atoms with Crippen LogP contribution in [0.25, 0.3) is 0 Å². The van der Waals surface area contributed by atoms with Crippen LogP contribution in [0.5, 0.6) is 0 Å². The van der Waals surface area contributed by atoms with Gasteiger partial charge in [-0.2, -0.15) is 0 Å². The third kappa shape index (κ3) is 6.71. The Hall–Kier alpha value is -1.69. The quantitative estimate of drug-likeness (QED) is 0.298. The molecule has 0 radical (unpaired) electrons. The predicted molar refractivity (Wildman–Crippen MR) is 138 cm³/mol. The monoisotopic (exact) mass is 556 g/mol. The third-order valence-corrected chi connectivity index (χ3v) is 9.77. The summed E-state index contributed by atoms with van der Waals surface area (Å²) in [5, 5.41) is 12.2. The molecule has 2 heterocycles.